The maximum absolute atomic E-state index is 9.18. The number of rotatable bonds is 8. The van der Waals surface area contributed by atoms with Crippen LogP contribution in [0, 0.1) is 0 Å². The van der Waals surface area contributed by atoms with Gasteiger partial charge in [-0.15, -0.1) is 0 Å². The SMILES string of the molecule is CCN(CCCN(C)C)CCC(C)O. The Labute approximate surface area is 88.7 Å². The minimum absolute atomic E-state index is 0.169. The third-order valence-electron chi connectivity index (χ3n) is 2.39. The van der Waals surface area contributed by atoms with Crippen LogP contribution < -0.4 is 0 Å². The number of aliphatic hydroxyl groups excluding tert-OH is 1. The van der Waals surface area contributed by atoms with Crippen molar-refractivity contribution < 1.29 is 5.11 Å². The first-order valence-corrected chi connectivity index (χ1v) is 5.61. The first-order chi connectivity index (χ1) is 6.56. The van der Waals surface area contributed by atoms with E-state index in [9.17, 15) is 5.11 Å². The minimum Gasteiger partial charge on any atom is -0.393 e. The molecule has 0 aromatic carbocycles. The highest BCUT2D eigenvalue weighted by Gasteiger charge is 2.04. The quantitative estimate of drug-likeness (QED) is 0.637. The molecule has 0 aromatic heterocycles. The average molecular weight is 202 g/mol. The molecule has 0 saturated heterocycles. The molecule has 0 amide bonds. The van der Waals surface area contributed by atoms with Gasteiger partial charge in [-0.05, 0) is 53.5 Å². The zero-order chi connectivity index (χ0) is 11.0. The fourth-order valence-corrected chi connectivity index (χ4v) is 1.41. The fraction of sp³-hybridized carbons (Fsp3) is 1.00. The first-order valence-electron chi connectivity index (χ1n) is 5.61. The Bertz CT molecular complexity index is 126. The van der Waals surface area contributed by atoms with E-state index < -0.39 is 0 Å². The van der Waals surface area contributed by atoms with Crippen molar-refractivity contribution in [3.63, 3.8) is 0 Å². The number of aliphatic hydroxyl groups is 1. The topological polar surface area (TPSA) is 26.7 Å². The number of hydrogen-bond acceptors (Lipinski definition) is 3. The largest absolute Gasteiger partial charge is 0.393 e. The van der Waals surface area contributed by atoms with E-state index in [1.165, 1.54) is 6.42 Å². The molecule has 1 unspecified atom stereocenters. The van der Waals surface area contributed by atoms with E-state index in [0.29, 0.717) is 0 Å². The van der Waals surface area contributed by atoms with Crippen LogP contribution in [0.3, 0.4) is 0 Å². The van der Waals surface area contributed by atoms with Crippen LogP contribution in [0.5, 0.6) is 0 Å². The van der Waals surface area contributed by atoms with Gasteiger partial charge in [0.05, 0.1) is 6.10 Å². The molecule has 3 nitrogen and oxygen atoms in total. The summed E-state index contributed by atoms with van der Waals surface area (Å²) >= 11 is 0. The second kappa shape index (κ2) is 8.21. The summed E-state index contributed by atoms with van der Waals surface area (Å²) in [4.78, 5) is 4.61. The van der Waals surface area contributed by atoms with Gasteiger partial charge in [-0.3, -0.25) is 0 Å². The van der Waals surface area contributed by atoms with Crippen LogP contribution in [0.1, 0.15) is 26.7 Å². The Morgan fingerprint density at radius 1 is 1.14 bits per heavy atom. The van der Waals surface area contributed by atoms with E-state index in [1.54, 1.807) is 0 Å². The van der Waals surface area contributed by atoms with Crippen molar-refractivity contribution in [2.75, 3.05) is 40.3 Å². The second-order valence-electron chi connectivity index (χ2n) is 4.23. The van der Waals surface area contributed by atoms with Crippen LogP contribution >= 0.6 is 0 Å². The molecule has 0 heterocycles. The van der Waals surface area contributed by atoms with Gasteiger partial charge in [0.1, 0.15) is 0 Å². The molecule has 86 valence electrons. The number of hydrogen-bond donors (Lipinski definition) is 1. The molecule has 0 aromatic rings. The van der Waals surface area contributed by atoms with E-state index in [1.807, 2.05) is 6.92 Å². The zero-order valence-corrected chi connectivity index (χ0v) is 10.2. The van der Waals surface area contributed by atoms with Crippen molar-refractivity contribution >= 4 is 0 Å². The molecule has 0 saturated carbocycles. The van der Waals surface area contributed by atoms with Gasteiger partial charge >= 0.3 is 0 Å². The molecule has 0 aliphatic heterocycles. The first kappa shape index (κ1) is 13.9. The Kier molecular flexibility index (Phi) is 8.14. The molecule has 0 bridgehead atoms. The highest BCUT2D eigenvalue weighted by molar-refractivity contribution is 4.59. The Morgan fingerprint density at radius 3 is 2.21 bits per heavy atom. The maximum Gasteiger partial charge on any atom is 0.0524 e. The third kappa shape index (κ3) is 8.48. The standard InChI is InChI=1S/C11H26N2O/c1-5-13(10-7-11(2)14)9-6-8-12(3)4/h11,14H,5-10H2,1-4H3. The smallest absolute Gasteiger partial charge is 0.0524 e. The average Bonchev–Trinajstić information content (AvgIpc) is 2.10. The molecular formula is C11H26N2O. The van der Waals surface area contributed by atoms with Gasteiger partial charge < -0.3 is 14.9 Å². The van der Waals surface area contributed by atoms with E-state index >= 15 is 0 Å². The zero-order valence-electron chi connectivity index (χ0n) is 10.2. The molecule has 0 radical (unpaired) electrons. The minimum atomic E-state index is -0.169. The molecule has 0 rings (SSSR count). The van der Waals surface area contributed by atoms with Crippen LogP contribution in [0.15, 0.2) is 0 Å². The monoisotopic (exact) mass is 202 g/mol. The Hall–Kier alpha value is -0.120. The van der Waals surface area contributed by atoms with Crippen LogP contribution in [0.2, 0.25) is 0 Å². The predicted molar refractivity (Wildman–Crippen MR) is 61.6 cm³/mol. The van der Waals surface area contributed by atoms with Crippen LogP contribution in [-0.4, -0.2) is 61.3 Å². The Morgan fingerprint density at radius 2 is 1.79 bits per heavy atom. The molecule has 0 spiro atoms. The van der Waals surface area contributed by atoms with Gasteiger partial charge in [0.2, 0.25) is 0 Å². The van der Waals surface area contributed by atoms with Crippen molar-refractivity contribution in [2.45, 2.75) is 32.8 Å². The van der Waals surface area contributed by atoms with Gasteiger partial charge in [0, 0.05) is 6.54 Å². The van der Waals surface area contributed by atoms with Gasteiger partial charge in [0.25, 0.3) is 0 Å². The van der Waals surface area contributed by atoms with Crippen molar-refractivity contribution in [3.8, 4) is 0 Å². The van der Waals surface area contributed by atoms with Crippen molar-refractivity contribution in [1.29, 1.82) is 0 Å². The van der Waals surface area contributed by atoms with Crippen LogP contribution in [0.4, 0.5) is 0 Å². The summed E-state index contributed by atoms with van der Waals surface area (Å²) in [5.41, 5.74) is 0. The van der Waals surface area contributed by atoms with Crippen LogP contribution in [-0.2, 0) is 0 Å². The predicted octanol–water partition coefficient (Wildman–Crippen LogP) is 1.03. The van der Waals surface area contributed by atoms with Crippen molar-refractivity contribution in [3.05, 3.63) is 0 Å². The Balaban J connectivity index is 3.48. The fourth-order valence-electron chi connectivity index (χ4n) is 1.41. The van der Waals surface area contributed by atoms with E-state index in [0.717, 1.165) is 32.6 Å². The van der Waals surface area contributed by atoms with Gasteiger partial charge in [-0.25, -0.2) is 0 Å². The van der Waals surface area contributed by atoms with E-state index in [2.05, 4.69) is 30.8 Å². The summed E-state index contributed by atoms with van der Waals surface area (Å²) in [5.74, 6) is 0. The van der Waals surface area contributed by atoms with Crippen molar-refractivity contribution in [1.82, 2.24) is 9.80 Å². The lowest BCUT2D eigenvalue weighted by atomic mass is 10.2. The molecule has 14 heavy (non-hydrogen) atoms. The highest BCUT2D eigenvalue weighted by atomic mass is 16.3. The van der Waals surface area contributed by atoms with Crippen molar-refractivity contribution in [2.24, 2.45) is 0 Å². The van der Waals surface area contributed by atoms with Gasteiger partial charge in [-0.2, -0.15) is 0 Å². The molecule has 1 N–H and O–H groups in total. The molecular weight excluding hydrogens is 176 g/mol. The van der Waals surface area contributed by atoms with E-state index in [-0.39, 0.29) is 6.10 Å². The maximum atomic E-state index is 9.18. The normalized spacial score (nSPS) is 13.9. The van der Waals surface area contributed by atoms with Gasteiger partial charge in [0.15, 0.2) is 0 Å². The van der Waals surface area contributed by atoms with Crippen LogP contribution in [0.25, 0.3) is 0 Å². The molecule has 1 atom stereocenters. The molecule has 0 aliphatic rings. The van der Waals surface area contributed by atoms with Gasteiger partial charge in [-0.1, -0.05) is 6.92 Å². The summed E-state index contributed by atoms with van der Waals surface area (Å²) in [6.07, 6.45) is 1.93. The molecule has 0 fully saturated rings. The lowest BCUT2D eigenvalue weighted by Gasteiger charge is -2.21. The lowest BCUT2D eigenvalue weighted by Crippen LogP contribution is -2.29. The molecule has 0 aliphatic carbocycles. The van der Waals surface area contributed by atoms with E-state index in [4.69, 9.17) is 0 Å². The summed E-state index contributed by atoms with van der Waals surface area (Å²) in [5, 5.41) is 9.18. The lowest BCUT2D eigenvalue weighted by molar-refractivity contribution is 0.156. The summed E-state index contributed by atoms with van der Waals surface area (Å²) in [6, 6.07) is 0. The molecule has 3 heteroatoms. The number of nitrogens with zero attached hydrogens (tertiary/aromatic N) is 2. The highest BCUT2D eigenvalue weighted by Crippen LogP contribution is 1.97. The summed E-state index contributed by atoms with van der Waals surface area (Å²) in [7, 11) is 4.21. The second-order valence-corrected chi connectivity index (χ2v) is 4.23. The summed E-state index contributed by atoms with van der Waals surface area (Å²) < 4.78 is 0. The third-order valence-corrected chi connectivity index (χ3v) is 2.39. The summed E-state index contributed by atoms with van der Waals surface area (Å²) in [6.45, 7) is 8.42.